The number of aromatic nitrogens is 6. The molecular weight excluding hydrogens is 490 g/mol. The van der Waals surface area contributed by atoms with Crippen molar-refractivity contribution < 1.29 is 19.2 Å². The van der Waals surface area contributed by atoms with Gasteiger partial charge >= 0.3 is 5.82 Å². The molecule has 15 heteroatoms. The zero-order chi connectivity index (χ0) is 25.6. The van der Waals surface area contributed by atoms with E-state index in [2.05, 4.69) is 32.0 Å². The van der Waals surface area contributed by atoms with E-state index in [9.17, 15) is 14.9 Å². The number of amides is 1. The summed E-state index contributed by atoms with van der Waals surface area (Å²) >= 11 is 5.68. The molecule has 3 unspecified atom stereocenters. The molecule has 4 heterocycles. The Labute approximate surface area is 209 Å². The molecule has 0 spiro atoms. The standard InChI is InChI=1S/C21H23N9O5S/c1-11-4-12(2)6-14(5-11)28-21(36)29(26-25-28)16-7-15(20-34-10-17(16)35-20)23-24-19(31)9-27-8-18(30(32)33)22-13(27)3/h4-6,8,16-17,20H,7,9-10H2,1-3H3,(H,24,31). The van der Waals surface area contributed by atoms with Crippen molar-refractivity contribution in [2.24, 2.45) is 5.10 Å². The normalized spacial score (nSPS) is 22.2. The molecule has 36 heavy (non-hydrogen) atoms. The van der Waals surface area contributed by atoms with Gasteiger partial charge in [0.05, 0.1) is 24.0 Å². The molecule has 2 saturated heterocycles. The first-order valence-corrected chi connectivity index (χ1v) is 11.5. The van der Waals surface area contributed by atoms with Crippen molar-refractivity contribution >= 4 is 29.7 Å². The Morgan fingerprint density at radius 3 is 2.72 bits per heavy atom. The van der Waals surface area contributed by atoms with Gasteiger partial charge in [-0.2, -0.15) is 9.78 Å². The lowest BCUT2D eigenvalue weighted by atomic mass is 10.0. The summed E-state index contributed by atoms with van der Waals surface area (Å²) in [5, 5.41) is 23.7. The number of benzene rings is 1. The topological polar surface area (TPSA) is 157 Å². The minimum atomic E-state index is -0.689. The van der Waals surface area contributed by atoms with Crippen molar-refractivity contribution in [2.75, 3.05) is 6.61 Å². The van der Waals surface area contributed by atoms with E-state index in [1.807, 2.05) is 26.0 Å². The van der Waals surface area contributed by atoms with Crippen molar-refractivity contribution in [3.05, 3.63) is 56.2 Å². The molecule has 3 aromatic rings. The molecule has 3 atom stereocenters. The van der Waals surface area contributed by atoms with Crippen LogP contribution in [0, 0.1) is 35.7 Å². The maximum absolute atomic E-state index is 12.4. The van der Waals surface area contributed by atoms with Crippen LogP contribution in [0.3, 0.4) is 0 Å². The Balaban J connectivity index is 1.33. The van der Waals surface area contributed by atoms with E-state index < -0.39 is 17.1 Å². The minimum Gasteiger partial charge on any atom is -0.358 e. The van der Waals surface area contributed by atoms with Gasteiger partial charge in [0.25, 0.3) is 5.91 Å². The van der Waals surface area contributed by atoms with E-state index in [1.54, 1.807) is 16.3 Å². The van der Waals surface area contributed by atoms with E-state index in [-0.39, 0.29) is 24.5 Å². The highest BCUT2D eigenvalue weighted by molar-refractivity contribution is 7.71. The van der Waals surface area contributed by atoms with Crippen LogP contribution in [0.1, 0.15) is 29.4 Å². The van der Waals surface area contributed by atoms with Crippen LogP contribution in [0.4, 0.5) is 5.82 Å². The Morgan fingerprint density at radius 2 is 2.03 bits per heavy atom. The summed E-state index contributed by atoms with van der Waals surface area (Å²) in [5.41, 5.74) is 5.93. The van der Waals surface area contributed by atoms with E-state index in [0.717, 1.165) is 16.8 Å². The first-order chi connectivity index (χ1) is 17.2. The zero-order valence-electron chi connectivity index (χ0n) is 19.7. The molecule has 2 aliphatic rings. The number of tetrazole rings is 1. The Morgan fingerprint density at radius 1 is 1.28 bits per heavy atom. The summed E-state index contributed by atoms with van der Waals surface area (Å²) in [6.07, 6.45) is 0.597. The summed E-state index contributed by atoms with van der Waals surface area (Å²) in [7, 11) is 0. The van der Waals surface area contributed by atoms with Crippen LogP contribution < -0.4 is 5.43 Å². The number of rotatable bonds is 6. The number of aryl methyl sites for hydroxylation is 3. The van der Waals surface area contributed by atoms with Gasteiger partial charge in [-0.05, 0) is 69.7 Å². The van der Waals surface area contributed by atoms with Crippen LogP contribution in [0.5, 0.6) is 0 Å². The highest BCUT2D eigenvalue weighted by Gasteiger charge is 2.44. The Kier molecular flexibility index (Phi) is 6.19. The predicted octanol–water partition coefficient (Wildman–Crippen LogP) is 1.69. The van der Waals surface area contributed by atoms with Crippen LogP contribution in [-0.2, 0) is 20.8 Å². The van der Waals surface area contributed by atoms with Crippen LogP contribution in [0.25, 0.3) is 5.69 Å². The highest BCUT2D eigenvalue weighted by atomic mass is 32.1. The Hall–Kier alpha value is -3.82. The lowest BCUT2D eigenvalue weighted by Gasteiger charge is -2.27. The summed E-state index contributed by atoms with van der Waals surface area (Å²) in [4.78, 5) is 26.5. The largest absolute Gasteiger partial charge is 0.381 e. The molecule has 188 valence electrons. The van der Waals surface area contributed by atoms with E-state index in [1.165, 1.54) is 10.8 Å². The lowest BCUT2D eigenvalue weighted by molar-refractivity contribution is -0.389. The molecule has 1 N–H and O–H groups in total. The SMILES string of the molecule is Cc1cc(C)cc(-n2nnn(C3CC(=NNC(=O)Cn4cc([N+](=O)[O-])nc4C)C4OCC3O4)c2=S)c1. The fourth-order valence-corrected chi connectivity index (χ4v) is 4.66. The monoisotopic (exact) mass is 513 g/mol. The summed E-state index contributed by atoms with van der Waals surface area (Å²) in [5.74, 6) is -0.466. The van der Waals surface area contributed by atoms with Crippen molar-refractivity contribution in [1.29, 1.82) is 0 Å². The van der Waals surface area contributed by atoms with Crippen molar-refractivity contribution in [1.82, 2.24) is 34.8 Å². The second-order valence-corrected chi connectivity index (χ2v) is 9.11. The number of carbonyl (C=O) groups excluding carboxylic acids is 1. The van der Waals surface area contributed by atoms with Gasteiger partial charge in [-0.3, -0.25) is 9.36 Å². The molecule has 0 radical (unpaired) electrons. The van der Waals surface area contributed by atoms with Crippen molar-refractivity contribution in [3.63, 3.8) is 0 Å². The first-order valence-electron chi connectivity index (χ1n) is 11.1. The smallest absolute Gasteiger partial charge is 0.358 e. The second kappa shape index (κ2) is 9.33. The molecule has 2 fully saturated rings. The molecule has 2 aliphatic heterocycles. The third-order valence-electron chi connectivity index (χ3n) is 5.99. The highest BCUT2D eigenvalue weighted by Crippen LogP contribution is 2.33. The number of nitrogens with zero attached hydrogens (tertiary/aromatic N) is 8. The van der Waals surface area contributed by atoms with E-state index in [4.69, 9.17) is 21.7 Å². The molecule has 1 amide bonds. The fraction of sp³-hybridized carbons (Fsp3) is 0.429. The molecular formula is C21H23N9O5S. The maximum Gasteiger partial charge on any atom is 0.381 e. The second-order valence-electron chi connectivity index (χ2n) is 8.74. The van der Waals surface area contributed by atoms with Gasteiger partial charge in [0.2, 0.25) is 10.6 Å². The summed E-state index contributed by atoms with van der Waals surface area (Å²) in [6, 6.07) is 5.69. The van der Waals surface area contributed by atoms with Gasteiger partial charge in [0, 0.05) is 13.3 Å². The molecule has 2 bridgehead atoms. The third-order valence-corrected chi connectivity index (χ3v) is 6.35. The lowest BCUT2D eigenvalue weighted by Crippen LogP contribution is -2.39. The predicted molar refractivity (Wildman–Crippen MR) is 127 cm³/mol. The number of fused-ring (bicyclic) bond motifs is 2. The maximum atomic E-state index is 12.4. The number of carbonyl (C=O) groups is 1. The van der Waals surface area contributed by atoms with E-state index >= 15 is 0 Å². The number of hydrogen-bond donors (Lipinski definition) is 1. The average molecular weight is 514 g/mol. The van der Waals surface area contributed by atoms with Gasteiger partial charge in [0.15, 0.2) is 6.29 Å². The molecule has 2 aromatic heterocycles. The number of nitro groups is 1. The molecule has 5 rings (SSSR count). The first kappa shape index (κ1) is 23.9. The van der Waals surface area contributed by atoms with E-state index in [0.29, 0.717) is 29.3 Å². The van der Waals surface area contributed by atoms with Crippen LogP contribution >= 0.6 is 12.2 Å². The molecule has 1 aromatic carbocycles. The van der Waals surface area contributed by atoms with Crippen molar-refractivity contribution in [3.8, 4) is 5.69 Å². The third kappa shape index (κ3) is 4.55. The average Bonchev–Trinajstić information content (AvgIpc) is 3.51. The van der Waals surface area contributed by atoms with Crippen molar-refractivity contribution in [2.45, 2.75) is 52.2 Å². The molecule has 0 aliphatic carbocycles. The zero-order valence-corrected chi connectivity index (χ0v) is 20.5. The van der Waals surface area contributed by atoms with Gasteiger partial charge in [-0.15, -0.1) is 0 Å². The quantitative estimate of drug-likeness (QED) is 0.294. The Bertz CT molecular complexity index is 1420. The van der Waals surface area contributed by atoms with Crippen LogP contribution in [0.15, 0.2) is 29.5 Å². The number of imidazole rings is 1. The molecule has 14 nitrogen and oxygen atoms in total. The van der Waals surface area contributed by atoms with Crippen LogP contribution in [-0.4, -0.2) is 64.9 Å². The fourth-order valence-electron chi connectivity index (χ4n) is 4.34. The van der Waals surface area contributed by atoms with Gasteiger partial charge in [-0.1, -0.05) is 6.07 Å². The summed E-state index contributed by atoms with van der Waals surface area (Å²) < 4.78 is 16.6. The number of hydrogen-bond acceptors (Lipinski definition) is 10. The summed E-state index contributed by atoms with van der Waals surface area (Å²) in [6.45, 7) is 5.71. The minimum absolute atomic E-state index is 0.183. The van der Waals surface area contributed by atoms with Crippen LogP contribution in [0.2, 0.25) is 0 Å². The van der Waals surface area contributed by atoms with Gasteiger partial charge in [0.1, 0.15) is 18.8 Å². The van der Waals surface area contributed by atoms with Gasteiger partial charge < -0.3 is 19.6 Å². The molecule has 0 saturated carbocycles. The van der Waals surface area contributed by atoms with Gasteiger partial charge in [-0.25, -0.2) is 10.1 Å². The number of hydrazone groups is 1. The number of ether oxygens (including phenoxy) is 2. The number of nitrogens with one attached hydrogen (secondary N) is 1.